The third-order valence-electron chi connectivity index (χ3n) is 4.62. The maximum atomic E-state index is 14.1. The van der Waals surface area contributed by atoms with Gasteiger partial charge < -0.3 is 19.7 Å². The molecule has 30 heavy (non-hydrogen) atoms. The number of amides is 1. The van der Waals surface area contributed by atoms with Crippen LogP contribution in [0.3, 0.4) is 0 Å². The number of carbonyl (C=O) groups excluding carboxylic acids is 2. The first kappa shape index (κ1) is 22.0. The first-order chi connectivity index (χ1) is 14.5. The van der Waals surface area contributed by atoms with Crippen LogP contribution in [-0.4, -0.2) is 48.8 Å². The molecule has 0 saturated carbocycles. The fourth-order valence-electron chi connectivity index (χ4n) is 3.34. The number of amidine groups is 1. The topological polar surface area (TPSA) is 80.2 Å². The summed E-state index contributed by atoms with van der Waals surface area (Å²) in [7, 11) is 1.52. The molecule has 0 bridgehead atoms. The Kier molecular flexibility index (Phi) is 7.28. The van der Waals surface area contributed by atoms with Crippen LogP contribution in [0.5, 0.6) is 0 Å². The van der Waals surface area contributed by atoms with Crippen LogP contribution < -0.4 is 5.32 Å². The molecule has 0 aromatic heterocycles. The third-order valence-corrected chi connectivity index (χ3v) is 5.51. The fraction of sp³-hybridized carbons (Fsp3) is 0.381. The molecule has 0 saturated heterocycles. The van der Waals surface area contributed by atoms with Crippen LogP contribution in [0.2, 0.25) is 0 Å². The van der Waals surface area contributed by atoms with E-state index in [1.807, 2.05) is 17.2 Å². The Hall–Kier alpha value is -2.65. The third kappa shape index (κ3) is 4.73. The normalized spacial score (nSPS) is 18.0. The number of nitrogens with zero attached hydrogens (tertiary/aromatic N) is 2. The quantitative estimate of drug-likeness (QED) is 0.501. The van der Waals surface area contributed by atoms with Crippen molar-refractivity contribution in [3.05, 3.63) is 58.0 Å². The van der Waals surface area contributed by atoms with Crippen molar-refractivity contribution < 1.29 is 23.5 Å². The van der Waals surface area contributed by atoms with E-state index in [9.17, 15) is 14.0 Å². The summed E-state index contributed by atoms with van der Waals surface area (Å²) in [5.74, 6) is -1.10. The van der Waals surface area contributed by atoms with Crippen molar-refractivity contribution in [1.82, 2.24) is 10.2 Å². The van der Waals surface area contributed by atoms with E-state index in [1.165, 1.54) is 31.0 Å². The van der Waals surface area contributed by atoms with Gasteiger partial charge in [-0.2, -0.15) is 0 Å². The van der Waals surface area contributed by atoms with E-state index >= 15 is 0 Å². The lowest BCUT2D eigenvalue weighted by Crippen LogP contribution is -2.38. The maximum Gasteiger partial charge on any atom is 0.338 e. The zero-order chi connectivity index (χ0) is 21.7. The zero-order valence-electron chi connectivity index (χ0n) is 17.1. The van der Waals surface area contributed by atoms with Gasteiger partial charge in [-0.25, -0.2) is 14.2 Å². The predicted molar refractivity (Wildman–Crippen MR) is 113 cm³/mol. The molecule has 1 N–H and O–H groups in total. The molecule has 0 radical (unpaired) electrons. The Morgan fingerprint density at radius 1 is 1.33 bits per heavy atom. The zero-order valence-corrected chi connectivity index (χ0v) is 17.9. The summed E-state index contributed by atoms with van der Waals surface area (Å²) < 4.78 is 24.4. The number of carbonyl (C=O) groups is 2. The summed E-state index contributed by atoms with van der Waals surface area (Å²) >= 11 is 1.37. The number of rotatable bonds is 8. The predicted octanol–water partition coefficient (Wildman–Crippen LogP) is 3.12. The lowest BCUT2D eigenvalue weighted by molar-refractivity contribution is -0.141. The van der Waals surface area contributed by atoms with Crippen molar-refractivity contribution in [3.8, 4) is 0 Å². The largest absolute Gasteiger partial charge is 0.460 e. The molecule has 0 aliphatic carbocycles. The number of allylic oxidation sites excluding steroid dienone is 1. The minimum absolute atomic E-state index is 0.0922. The first-order valence-corrected chi connectivity index (χ1v) is 10.5. The van der Waals surface area contributed by atoms with E-state index < -0.39 is 17.8 Å². The summed E-state index contributed by atoms with van der Waals surface area (Å²) in [6, 6.07) is 5.42. The Bertz CT molecular complexity index is 929. The summed E-state index contributed by atoms with van der Waals surface area (Å²) in [5.41, 5.74) is 2.07. The van der Waals surface area contributed by atoms with Gasteiger partial charge in [-0.15, -0.1) is 0 Å². The average Bonchev–Trinajstić information content (AvgIpc) is 3.09. The van der Waals surface area contributed by atoms with Crippen LogP contribution in [0.4, 0.5) is 4.39 Å². The number of ether oxygens (including phenoxy) is 2. The minimum Gasteiger partial charge on any atom is -0.460 e. The van der Waals surface area contributed by atoms with Gasteiger partial charge >= 0.3 is 5.97 Å². The van der Waals surface area contributed by atoms with Crippen LogP contribution >= 0.6 is 11.8 Å². The molecule has 7 nitrogen and oxygen atoms in total. The summed E-state index contributed by atoms with van der Waals surface area (Å²) in [6.45, 7) is 4.45. The van der Waals surface area contributed by atoms with E-state index in [1.54, 1.807) is 19.1 Å². The summed E-state index contributed by atoms with van der Waals surface area (Å²) in [4.78, 5) is 31.5. The molecule has 1 aromatic carbocycles. The number of esters is 1. The van der Waals surface area contributed by atoms with E-state index in [0.717, 1.165) is 0 Å². The van der Waals surface area contributed by atoms with E-state index in [-0.39, 0.29) is 25.5 Å². The maximum absolute atomic E-state index is 14.1. The Morgan fingerprint density at radius 2 is 2.13 bits per heavy atom. The summed E-state index contributed by atoms with van der Waals surface area (Å²) in [6.07, 6.45) is 0.122. The van der Waals surface area contributed by atoms with E-state index in [0.29, 0.717) is 34.2 Å². The van der Waals surface area contributed by atoms with Crippen LogP contribution in [0.15, 0.2) is 51.6 Å². The van der Waals surface area contributed by atoms with E-state index in [4.69, 9.17) is 9.47 Å². The number of methoxy groups -OCH3 is 1. The highest BCUT2D eigenvalue weighted by molar-refractivity contribution is 8.16. The smallest absolute Gasteiger partial charge is 0.338 e. The van der Waals surface area contributed by atoms with Crippen molar-refractivity contribution in [1.29, 1.82) is 0 Å². The van der Waals surface area contributed by atoms with Crippen LogP contribution in [0.1, 0.15) is 31.9 Å². The average molecular weight is 434 g/mol. The highest BCUT2D eigenvalue weighted by Gasteiger charge is 2.41. The van der Waals surface area contributed by atoms with Crippen molar-refractivity contribution in [2.45, 2.75) is 26.3 Å². The Labute approximate surface area is 179 Å². The van der Waals surface area contributed by atoms with Crippen molar-refractivity contribution in [2.75, 3.05) is 26.9 Å². The van der Waals surface area contributed by atoms with Crippen LogP contribution in [-0.2, 0) is 19.1 Å². The second-order valence-electron chi connectivity index (χ2n) is 6.71. The first-order valence-electron chi connectivity index (χ1n) is 9.58. The molecule has 9 heteroatoms. The molecule has 2 aliphatic rings. The standard InChI is InChI=1S/C21H24FN3O4S/c1-4-23-17(26)11-16-12-30-21-24-13(2)18(20(27)29-9-8-28-3)19(25(16)21)14-6-5-7-15(22)10-14/h5-7,10,12,19H,4,8-9,11H2,1-3H3,(H,23,26). The number of hydrogen-bond acceptors (Lipinski definition) is 7. The van der Waals surface area contributed by atoms with Gasteiger partial charge in [0.15, 0.2) is 5.17 Å². The number of thioether (sulfide) groups is 1. The molecule has 160 valence electrons. The van der Waals surface area contributed by atoms with Crippen LogP contribution in [0.25, 0.3) is 0 Å². The molecule has 1 amide bonds. The number of halogens is 1. The van der Waals surface area contributed by atoms with Gasteiger partial charge in [0.25, 0.3) is 0 Å². The van der Waals surface area contributed by atoms with Crippen molar-refractivity contribution >= 4 is 28.8 Å². The molecule has 1 atom stereocenters. The van der Waals surface area contributed by atoms with Crippen molar-refractivity contribution in [2.24, 2.45) is 4.99 Å². The second-order valence-corrected chi connectivity index (χ2v) is 7.54. The SMILES string of the molecule is CCNC(=O)CC1=CSC2=NC(C)=C(C(=O)OCCOC)C(c3cccc(F)c3)N12. The van der Waals surface area contributed by atoms with Gasteiger partial charge in [0.05, 0.1) is 30.3 Å². The molecular formula is C21H24FN3O4S. The lowest BCUT2D eigenvalue weighted by Gasteiger charge is -2.36. The monoisotopic (exact) mass is 433 g/mol. The highest BCUT2D eigenvalue weighted by Crippen LogP contribution is 2.44. The van der Waals surface area contributed by atoms with Crippen molar-refractivity contribution in [3.63, 3.8) is 0 Å². The molecule has 0 spiro atoms. The summed E-state index contributed by atoms with van der Waals surface area (Å²) in [5, 5.41) is 5.25. The number of aliphatic imine (C=N–C) groups is 1. The molecule has 1 unspecified atom stereocenters. The minimum atomic E-state index is -0.654. The molecule has 0 fully saturated rings. The number of benzene rings is 1. The fourth-order valence-corrected chi connectivity index (χ4v) is 4.31. The van der Waals surface area contributed by atoms with E-state index in [2.05, 4.69) is 10.3 Å². The molecule has 2 heterocycles. The van der Waals surface area contributed by atoms with Gasteiger partial charge in [0.2, 0.25) is 5.91 Å². The van der Waals surface area contributed by atoms with Gasteiger partial charge in [0, 0.05) is 19.4 Å². The van der Waals surface area contributed by atoms with Gasteiger partial charge in [0.1, 0.15) is 12.4 Å². The van der Waals surface area contributed by atoms with Gasteiger partial charge in [-0.3, -0.25) is 4.79 Å². The van der Waals surface area contributed by atoms with Gasteiger partial charge in [-0.05, 0) is 37.0 Å². The van der Waals surface area contributed by atoms with Gasteiger partial charge in [-0.1, -0.05) is 23.9 Å². The molecule has 1 aromatic rings. The Balaban J connectivity index is 2.01. The number of nitrogens with one attached hydrogen (secondary N) is 1. The molecule has 3 rings (SSSR count). The number of fused-ring (bicyclic) bond motifs is 1. The Morgan fingerprint density at radius 3 is 2.83 bits per heavy atom. The highest BCUT2D eigenvalue weighted by atomic mass is 32.2. The second kappa shape index (κ2) is 9.90. The number of hydrogen-bond donors (Lipinski definition) is 1. The van der Waals surface area contributed by atoms with Crippen LogP contribution in [0, 0.1) is 5.82 Å². The molecular weight excluding hydrogens is 409 g/mol. The molecule has 2 aliphatic heterocycles. The lowest BCUT2D eigenvalue weighted by atomic mass is 9.93.